The van der Waals surface area contributed by atoms with Crippen LogP contribution < -0.4 is 10.1 Å². The first kappa shape index (κ1) is 30.3. The van der Waals surface area contributed by atoms with E-state index in [1.807, 2.05) is 49.4 Å². The maximum Gasteiger partial charge on any atom is 0.325 e. The molecule has 218 valence electrons. The third-order valence-corrected chi connectivity index (χ3v) is 8.32. The van der Waals surface area contributed by atoms with Crippen molar-refractivity contribution in [3.8, 4) is 17.0 Å². The minimum absolute atomic E-state index is 0.0805. The van der Waals surface area contributed by atoms with Gasteiger partial charge in [-0.25, -0.2) is 9.78 Å². The van der Waals surface area contributed by atoms with E-state index in [-0.39, 0.29) is 17.7 Å². The van der Waals surface area contributed by atoms with Crippen LogP contribution in [0.3, 0.4) is 0 Å². The van der Waals surface area contributed by atoms with Gasteiger partial charge in [0.15, 0.2) is 0 Å². The van der Waals surface area contributed by atoms with E-state index in [1.54, 1.807) is 30.3 Å². The summed E-state index contributed by atoms with van der Waals surface area (Å²) in [6.45, 7) is 1.43. The van der Waals surface area contributed by atoms with E-state index in [4.69, 9.17) is 38.0 Å². The Morgan fingerprint density at radius 3 is 2.45 bits per heavy atom. The molecule has 4 aromatic rings. The number of halogens is 3. The van der Waals surface area contributed by atoms with Crippen LogP contribution in [-0.2, 0) is 4.79 Å². The van der Waals surface area contributed by atoms with Crippen molar-refractivity contribution in [1.29, 1.82) is 0 Å². The number of aliphatic hydroxyl groups excluding tert-OH is 2. The molecule has 1 saturated heterocycles. The topological polar surface area (TPSA) is 128 Å². The number of rotatable bonds is 10. The SMILES string of the molecule is C[C@H](c1ccccc1)[C@@H](c1nc(-c2ccc(I)cc2Cl)c(Cl)[nH]1)N1C(=O)N[C@H](c2ccc(OC[C@H](O)CO)cc2)C1=O. The zero-order chi connectivity index (χ0) is 30.0. The lowest BCUT2D eigenvalue weighted by atomic mass is 9.91. The summed E-state index contributed by atoms with van der Waals surface area (Å²) in [4.78, 5) is 36.5. The number of hydrogen-bond acceptors (Lipinski definition) is 6. The van der Waals surface area contributed by atoms with E-state index in [0.29, 0.717) is 33.4 Å². The van der Waals surface area contributed by atoms with Gasteiger partial charge in [0, 0.05) is 15.1 Å². The first-order valence-corrected chi connectivity index (χ1v) is 14.9. The Bertz CT molecular complexity index is 1580. The average molecular weight is 721 g/mol. The van der Waals surface area contributed by atoms with Gasteiger partial charge in [-0.1, -0.05) is 78.7 Å². The van der Waals surface area contributed by atoms with Crippen LogP contribution in [-0.4, -0.2) is 56.3 Å². The molecule has 42 heavy (non-hydrogen) atoms. The Morgan fingerprint density at radius 1 is 1.07 bits per heavy atom. The van der Waals surface area contributed by atoms with Crippen molar-refractivity contribution in [2.24, 2.45) is 0 Å². The highest BCUT2D eigenvalue weighted by Crippen LogP contribution is 2.41. The number of benzene rings is 3. The van der Waals surface area contributed by atoms with Crippen LogP contribution in [0.1, 0.15) is 41.9 Å². The number of hydrogen-bond donors (Lipinski definition) is 4. The Hall–Kier alpha value is -3.16. The molecule has 0 bridgehead atoms. The number of aromatic nitrogens is 2. The largest absolute Gasteiger partial charge is 0.491 e. The standard InChI is InChI=1S/C30H27Cl2IN4O5/c1-16(17-5-3-2-4-6-17)26(28-34-25(27(32)36-28)22-12-9-19(33)13-23(22)31)37-29(40)24(35-30(37)41)18-7-10-21(11-8-18)42-15-20(39)14-38/h2-13,16,20,24,26,38-39H,14-15H2,1H3,(H,34,36)(H,35,41)/t16-,20-,24-,26+/m1/s1. The molecule has 12 heteroatoms. The summed E-state index contributed by atoms with van der Waals surface area (Å²) in [5.74, 6) is -0.00654. The van der Waals surface area contributed by atoms with Gasteiger partial charge in [0.2, 0.25) is 0 Å². The quantitative estimate of drug-likeness (QED) is 0.120. The van der Waals surface area contributed by atoms with E-state index in [2.05, 4.69) is 32.9 Å². The lowest BCUT2D eigenvalue weighted by Crippen LogP contribution is -2.38. The van der Waals surface area contributed by atoms with Gasteiger partial charge in [-0.2, -0.15) is 0 Å². The fourth-order valence-corrected chi connectivity index (χ4v) is 6.06. The van der Waals surface area contributed by atoms with Crippen LogP contribution in [0, 0.1) is 3.57 Å². The van der Waals surface area contributed by atoms with Gasteiger partial charge in [0.05, 0.1) is 11.6 Å². The molecule has 1 aliphatic heterocycles. The zero-order valence-corrected chi connectivity index (χ0v) is 26.0. The molecule has 4 N–H and O–H groups in total. The maximum absolute atomic E-state index is 13.9. The summed E-state index contributed by atoms with van der Waals surface area (Å²) in [6.07, 6.45) is -1.00. The molecular formula is C30H27Cl2IN4O5. The molecule has 0 radical (unpaired) electrons. The number of H-pyrrole nitrogens is 1. The molecule has 1 aliphatic rings. The van der Waals surface area contributed by atoms with E-state index in [0.717, 1.165) is 9.13 Å². The Kier molecular flexibility index (Phi) is 9.38. The van der Waals surface area contributed by atoms with Crippen molar-refractivity contribution >= 4 is 57.7 Å². The van der Waals surface area contributed by atoms with Crippen molar-refractivity contribution in [2.75, 3.05) is 13.2 Å². The van der Waals surface area contributed by atoms with E-state index in [9.17, 15) is 14.7 Å². The van der Waals surface area contributed by atoms with E-state index < -0.39 is 36.7 Å². The zero-order valence-electron chi connectivity index (χ0n) is 22.3. The molecule has 2 heterocycles. The Morgan fingerprint density at radius 2 is 1.79 bits per heavy atom. The van der Waals surface area contributed by atoms with Gasteiger partial charge in [0.25, 0.3) is 5.91 Å². The summed E-state index contributed by atoms with van der Waals surface area (Å²) in [5.41, 5.74) is 2.50. The van der Waals surface area contributed by atoms with Crippen molar-refractivity contribution < 1.29 is 24.5 Å². The van der Waals surface area contributed by atoms with Gasteiger partial charge in [-0.15, -0.1) is 0 Å². The summed E-state index contributed by atoms with van der Waals surface area (Å²) in [6, 6.07) is 19.4. The van der Waals surface area contributed by atoms with Crippen LogP contribution in [0.4, 0.5) is 4.79 Å². The van der Waals surface area contributed by atoms with E-state index in [1.165, 1.54) is 4.90 Å². The minimum atomic E-state index is -1.00. The second kappa shape index (κ2) is 13.0. The molecule has 4 atom stereocenters. The normalized spacial score (nSPS) is 17.2. The smallest absolute Gasteiger partial charge is 0.325 e. The number of amides is 3. The van der Waals surface area contributed by atoms with Gasteiger partial charge in [-0.3, -0.25) is 9.69 Å². The second-order valence-electron chi connectivity index (χ2n) is 9.86. The monoisotopic (exact) mass is 720 g/mol. The number of nitrogens with one attached hydrogen (secondary N) is 2. The summed E-state index contributed by atoms with van der Waals surface area (Å²) < 4.78 is 6.41. The number of imide groups is 1. The highest BCUT2D eigenvalue weighted by Gasteiger charge is 2.46. The lowest BCUT2D eigenvalue weighted by Gasteiger charge is -2.29. The number of imidazole rings is 1. The van der Waals surface area contributed by atoms with Crippen LogP contribution in [0.15, 0.2) is 72.8 Å². The molecule has 5 rings (SSSR count). The molecule has 0 unspecified atom stereocenters. The van der Waals surface area contributed by atoms with Gasteiger partial charge in [0.1, 0.15) is 47.2 Å². The molecule has 0 aliphatic carbocycles. The molecule has 3 amide bonds. The number of nitrogens with zero attached hydrogens (tertiary/aromatic N) is 2. The molecule has 0 saturated carbocycles. The van der Waals surface area contributed by atoms with Crippen LogP contribution in [0.5, 0.6) is 5.75 Å². The fraction of sp³-hybridized carbons (Fsp3) is 0.233. The average Bonchev–Trinajstić information content (AvgIpc) is 3.51. The third-order valence-electron chi connectivity index (χ3n) is 7.06. The predicted molar refractivity (Wildman–Crippen MR) is 168 cm³/mol. The van der Waals surface area contributed by atoms with Crippen molar-refractivity contribution in [3.05, 3.63) is 103 Å². The van der Waals surface area contributed by atoms with Gasteiger partial charge < -0.3 is 25.3 Å². The molecule has 0 spiro atoms. The fourth-order valence-electron chi connectivity index (χ4n) is 4.88. The van der Waals surface area contributed by atoms with Crippen molar-refractivity contribution in [3.63, 3.8) is 0 Å². The number of carbonyl (C=O) groups excluding carboxylic acids is 2. The highest BCUT2D eigenvalue weighted by molar-refractivity contribution is 14.1. The van der Waals surface area contributed by atoms with Gasteiger partial charge in [-0.05, 0) is 58.0 Å². The Balaban J connectivity index is 1.49. The first-order chi connectivity index (χ1) is 20.2. The number of aromatic amines is 1. The molecule has 3 aromatic carbocycles. The van der Waals surface area contributed by atoms with Crippen molar-refractivity contribution in [2.45, 2.75) is 31.0 Å². The number of carbonyl (C=O) groups is 2. The van der Waals surface area contributed by atoms with E-state index >= 15 is 0 Å². The van der Waals surface area contributed by atoms with Gasteiger partial charge >= 0.3 is 6.03 Å². The highest BCUT2D eigenvalue weighted by atomic mass is 127. The first-order valence-electron chi connectivity index (χ1n) is 13.1. The minimum Gasteiger partial charge on any atom is -0.491 e. The Labute approximate surface area is 266 Å². The van der Waals surface area contributed by atoms with Crippen LogP contribution in [0.2, 0.25) is 10.2 Å². The molecule has 1 fully saturated rings. The molecule has 1 aromatic heterocycles. The summed E-state index contributed by atoms with van der Waals surface area (Å²) in [5, 5.41) is 22.0. The summed E-state index contributed by atoms with van der Waals surface area (Å²) >= 11 is 15.3. The van der Waals surface area contributed by atoms with Crippen LogP contribution in [0.25, 0.3) is 11.3 Å². The number of aliphatic hydroxyl groups is 2. The van der Waals surface area contributed by atoms with Crippen LogP contribution >= 0.6 is 45.8 Å². The molecule has 9 nitrogen and oxygen atoms in total. The third kappa shape index (κ3) is 6.28. The summed E-state index contributed by atoms with van der Waals surface area (Å²) in [7, 11) is 0. The maximum atomic E-state index is 13.9. The second-order valence-corrected chi connectivity index (χ2v) is 11.9. The molecular weight excluding hydrogens is 694 g/mol. The predicted octanol–water partition coefficient (Wildman–Crippen LogP) is 5.86. The number of urea groups is 1. The number of ether oxygens (including phenoxy) is 1. The van der Waals surface area contributed by atoms with Crippen molar-refractivity contribution in [1.82, 2.24) is 20.2 Å². The lowest BCUT2D eigenvalue weighted by molar-refractivity contribution is -0.129.